The number of carbonyl (C=O) groups is 1. The smallest absolute Gasteiger partial charge is 0.225 e. The summed E-state index contributed by atoms with van der Waals surface area (Å²) in [5.41, 5.74) is 0. The largest absolute Gasteiger partial charge is 0.342 e. The average molecular weight is 261 g/mol. The Morgan fingerprint density at radius 2 is 1.89 bits per heavy atom. The molecule has 0 bridgehead atoms. The highest BCUT2D eigenvalue weighted by atomic mass is 16.2. The molecule has 1 aromatic heterocycles. The van der Waals surface area contributed by atoms with E-state index in [0.717, 1.165) is 45.3 Å². The van der Waals surface area contributed by atoms with Gasteiger partial charge in [-0.05, 0) is 31.6 Å². The lowest BCUT2D eigenvalue weighted by Gasteiger charge is -2.33. The number of likely N-dealkylation sites (tertiary alicyclic amines) is 1. The van der Waals surface area contributed by atoms with E-state index in [1.807, 2.05) is 18.7 Å². The molecule has 1 aromatic rings. The van der Waals surface area contributed by atoms with E-state index in [1.165, 1.54) is 12.8 Å². The van der Waals surface area contributed by atoms with Gasteiger partial charge in [-0.15, -0.1) is 0 Å². The van der Waals surface area contributed by atoms with Crippen molar-refractivity contribution in [3.05, 3.63) is 18.7 Å². The van der Waals surface area contributed by atoms with Crippen LogP contribution in [0.3, 0.4) is 0 Å². The van der Waals surface area contributed by atoms with E-state index < -0.39 is 0 Å². The first-order valence-electron chi connectivity index (χ1n) is 7.57. The molecule has 2 aliphatic rings. The van der Waals surface area contributed by atoms with Gasteiger partial charge < -0.3 is 9.47 Å². The number of nitrogens with zero attached hydrogens (tertiary/aromatic N) is 3. The van der Waals surface area contributed by atoms with Gasteiger partial charge in [-0.25, -0.2) is 4.98 Å². The average Bonchev–Trinajstić information content (AvgIpc) is 3.12. The predicted molar refractivity (Wildman–Crippen MR) is 73.5 cm³/mol. The molecule has 0 unspecified atom stereocenters. The molecule has 3 rings (SSSR count). The molecule has 104 valence electrons. The van der Waals surface area contributed by atoms with E-state index in [-0.39, 0.29) is 0 Å². The van der Waals surface area contributed by atoms with Crippen LogP contribution in [-0.2, 0) is 11.3 Å². The maximum atomic E-state index is 12.3. The van der Waals surface area contributed by atoms with Gasteiger partial charge in [-0.1, -0.05) is 12.8 Å². The number of aromatic nitrogens is 2. The number of amides is 1. The molecule has 4 nitrogen and oxygen atoms in total. The standard InChI is InChI=1S/C15H23N3O/c19-15(14-3-1-2-4-14)18-8-5-13(6-9-18)11-17-10-7-16-12-17/h7,10,12-14H,1-6,8-9,11H2. The third-order valence-corrected chi connectivity index (χ3v) is 4.66. The lowest BCUT2D eigenvalue weighted by atomic mass is 9.95. The summed E-state index contributed by atoms with van der Waals surface area (Å²) in [7, 11) is 0. The molecule has 2 heterocycles. The molecule has 0 aromatic carbocycles. The van der Waals surface area contributed by atoms with E-state index >= 15 is 0 Å². The third-order valence-electron chi connectivity index (χ3n) is 4.66. The molecule has 19 heavy (non-hydrogen) atoms. The first-order valence-corrected chi connectivity index (χ1v) is 7.57. The van der Waals surface area contributed by atoms with Gasteiger partial charge in [0.25, 0.3) is 0 Å². The number of rotatable bonds is 3. The Labute approximate surface area is 114 Å². The van der Waals surface area contributed by atoms with Crippen molar-refractivity contribution in [3.63, 3.8) is 0 Å². The number of piperidine rings is 1. The van der Waals surface area contributed by atoms with Crippen molar-refractivity contribution in [3.8, 4) is 0 Å². The Kier molecular flexibility index (Phi) is 3.85. The second-order valence-electron chi connectivity index (χ2n) is 6.01. The van der Waals surface area contributed by atoms with Crippen LogP contribution in [0.1, 0.15) is 38.5 Å². The Balaban J connectivity index is 1.47. The number of hydrogen-bond acceptors (Lipinski definition) is 2. The Hall–Kier alpha value is -1.32. The van der Waals surface area contributed by atoms with Crippen LogP contribution in [0.2, 0.25) is 0 Å². The van der Waals surface area contributed by atoms with Crippen LogP contribution < -0.4 is 0 Å². The fraction of sp³-hybridized carbons (Fsp3) is 0.733. The van der Waals surface area contributed by atoms with Crippen molar-refractivity contribution < 1.29 is 4.79 Å². The van der Waals surface area contributed by atoms with Gasteiger partial charge in [-0.3, -0.25) is 4.79 Å². The lowest BCUT2D eigenvalue weighted by molar-refractivity contribution is -0.136. The monoisotopic (exact) mass is 261 g/mol. The molecule has 4 heteroatoms. The van der Waals surface area contributed by atoms with Gasteiger partial charge >= 0.3 is 0 Å². The predicted octanol–water partition coefficient (Wildman–Crippen LogP) is 2.31. The van der Waals surface area contributed by atoms with Crippen LogP contribution >= 0.6 is 0 Å². The lowest BCUT2D eigenvalue weighted by Crippen LogP contribution is -2.41. The minimum Gasteiger partial charge on any atom is -0.342 e. The fourth-order valence-corrected chi connectivity index (χ4v) is 3.46. The highest BCUT2D eigenvalue weighted by molar-refractivity contribution is 5.79. The summed E-state index contributed by atoms with van der Waals surface area (Å²) in [5.74, 6) is 1.46. The number of imidazole rings is 1. The minimum absolute atomic E-state index is 0.338. The summed E-state index contributed by atoms with van der Waals surface area (Å²) in [6.45, 7) is 2.95. The maximum Gasteiger partial charge on any atom is 0.225 e. The van der Waals surface area contributed by atoms with Gasteiger partial charge in [-0.2, -0.15) is 0 Å². The number of hydrogen-bond donors (Lipinski definition) is 0. The first kappa shape index (κ1) is 12.7. The SMILES string of the molecule is O=C(C1CCCC1)N1CCC(Cn2ccnc2)CC1. The van der Waals surface area contributed by atoms with Crippen LogP contribution in [0, 0.1) is 11.8 Å². The zero-order chi connectivity index (χ0) is 13.1. The first-order chi connectivity index (χ1) is 9.33. The molecule has 1 saturated heterocycles. The molecule has 1 saturated carbocycles. The van der Waals surface area contributed by atoms with Crippen LogP contribution in [0.4, 0.5) is 0 Å². The second-order valence-corrected chi connectivity index (χ2v) is 6.01. The zero-order valence-corrected chi connectivity index (χ0v) is 11.5. The summed E-state index contributed by atoms with van der Waals surface area (Å²) in [6.07, 6.45) is 12.7. The van der Waals surface area contributed by atoms with Gasteiger partial charge in [0.05, 0.1) is 6.33 Å². The van der Waals surface area contributed by atoms with Crippen molar-refractivity contribution >= 4 is 5.91 Å². The van der Waals surface area contributed by atoms with Crippen molar-refractivity contribution in [1.29, 1.82) is 0 Å². The molecular weight excluding hydrogens is 238 g/mol. The highest BCUT2D eigenvalue weighted by Gasteiger charge is 2.29. The van der Waals surface area contributed by atoms with Gasteiger partial charge in [0.15, 0.2) is 0 Å². The molecule has 1 aliphatic carbocycles. The van der Waals surface area contributed by atoms with Gasteiger partial charge in [0, 0.05) is 37.9 Å². The topological polar surface area (TPSA) is 38.1 Å². The highest BCUT2D eigenvalue weighted by Crippen LogP contribution is 2.28. The third kappa shape index (κ3) is 2.99. The molecule has 0 radical (unpaired) electrons. The van der Waals surface area contributed by atoms with E-state index in [0.29, 0.717) is 17.7 Å². The minimum atomic E-state index is 0.338. The summed E-state index contributed by atoms with van der Waals surface area (Å²) in [6, 6.07) is 0. The van der Waals surface area contributed by atoms with Gasteiger partial charge in [0.2, 0.25) is 5.91 Å². The molecule has 2 fully saturated rings. The Morgan fingerprint density at radius 1 is 1.16 bits per heavy atom. The quantitative estimate of drug-likeness (QED) is 0.837. The molecular formula is C15H23N3O. The van der Waals surface area contributed by atoms with E-state index in [2.05, 4.69) is 14.5 Å². The molecule has 1 amide bonds. The van der Waals surface area contributed by atoms with Crippen LogP contribution in [0.15, 0.2) is 18.7 Å². The van der Waals surface area contributed by atoms with Crippen LogP contribution in [0.25, 0.3) is 0 Å². The van der Waals surface area contributed by atoms with Crippen molar-refractivity contribution in [1.82, 2.24) is 14.5 Å². The molecule has 0 spiro atoms. The molecule has 0 atom stereocenters. The Bertz CT molecular complexity index is 401. The fourth-order valence-electron chi connectivity index (χ4n) is 3.46. The van der Waals surface area contributed by atoms with E-state index in [4.69, 9.17) is 0 Å². The molecule has 0 N–H and O–H groups in total. The normalized spacial score (nSPS) is 22.0. The van der Waals surface area contributed by atoms with Crippen molar-refractivity contribution in [2.45, 2.75) is 45.1 Å². The van der Waals surface area contributed by atoms with Crippen molar-refractivity contribution in [2.24, 2.45) is 11.8 Å². The van der Waals surface area contributed by atoms with E-state index in [1.54, 1.807) is 0 Å². The molecule has 1 aliphatic heterocycles. The van der Waals surface area contributed by atoms with E-state index in [9.17, 15) is 4.79 Å². The summed E-state index contributed by atoms with van der Waals surface area (Å²) in [5, 5.41) is 0. The second kappa shape index (κ2) is 5.76. The van der Waals surface area contributed by atoms with Gasteiger partial charge in [0.1, 0.15) is 0 Å². The van der Waals surface area contributed by atoms with Crippen LogP contribution in [-0.4, -0.2) is 33.4 Å². The zero-order valence-electron chi connectivity index (χ0n) is 11.5. The summed E-state index contributed by atoms with van der Waals surface area (Å²) < 4.78 is 2.15. The summed E-state index contributed by atoms with van der Waals surface area (Å²) >= 11 is 0. The number of carbonyl (C=O) groups excluding carboxylic acids is 1. The maximum absolute atomic E-state index is 12.3. The summed E-state index contributed by atoms with van der Waals surface area (Å²) in [4.78, 5) is 18.5. The van der Waals surface area contributed by atoms with Crippen molar-refractivity contribution in [2.75, 3.05) is 13.1 Å². The van der Waals surface area contributed by atoms with Crippen LogP contribution in [0.5, 0.6) is 0 Å². The Morgan fingerprint density at radius 3 is 2.53 bits per heavy atom.